The van der Waals surface area contributed by atoms with E-state index in [1.807, 2.05) is 17.9 Å². The van der Waals surface area contributed by atoms with Gasteiger partial charge in [-0.25, -0.2) is 4.79 Å². The minimum atomic E-state index is -1.19. The van der Waals surface area contributed by atoms with Crippen LogP contribution in [0.2, 0.25) is 0 Å². The Bertz CT molecular complexity index is 1630. The Balaban J connectivity index is 1.50. The minimum absolute atomic E-state index is 0.00396. The van der Waals surface area contributed by atoms with E-state index in [1.165, 1.54) is 32.7 Å². The molecule has 5 heterocycles. The molecule has 14 heteroatoms. The van der Waals surface area contributed by atoms with Crippen molar-refractivity contribution >= 4 is 29.7 Å². The molecule has 5 aliphatic heterocycles. The number of thioether (sulfide) groups is 1. The van der Waals surface area contributed by atoms with Crippen LogP contribution in [0.4, 0.5) is 0 Å². The van der Waals surface area contributed by atoms with Crippen LogP contribution in [-0.4, -0.2) is 83.7 Å². The number of hydrogen-bond acceptors (Lipinski definition) is 14. The molecule has 2 saturated heterocycles. The number of rotatable bonds is 3. The topological polar surface area (TPSA) is 162 Å². The van der Waals surface area contributed by atoms with Crippen LogP contribution in [-0.2, 0) is 30.3 Å². The first-order valence-corrected chi connectivity index (χ1v) is 15.8. The van der Waals surface area contributed by atoms with Gasteiger partial charge in [0.05, 0.1) is 30.5 Å². The van der Waals surface area contributed by atoms with E-state index in [2.05, 4.69) is 5.32 Å². The van der Waals surface area contributed by atoms with Crippen molar-refractivity contribution in [2.75, 3.05) is 26.3 Å². The zero-order valence-electron chi connectivity index (χ0n) is 25.4. The maximum absolute atomic E-state index is 13.2. The fraction of sp³-hybridized carbons (Fsp3) is 0.516. The van der Waals surface area contributed by atoms with Crippen molar-refractivity contribution in [2.24, 2.45) is 0 Å². The van der Waals surface area contributed by atoms with Gasteiger partial charge in [-0.2, -0.15) is 0 Å². The van der Waals surface area contributed by atoms with Crippen LogP contribution in [0.3, 0.4) is 0 Å². The first-order chi connectivity index (χ1) is 21.5. The summed E-state index contributed by atoms with van der Waals surface area (Å²) in [6, 6.07) is -0.369. The Kier molecular flexibility index (Phi) is 7.30. The van der Waals surface area contributed by atoms with Crippen molar-refractivity contribution < 1.29 is 53.0 Å². The molecule has 7 atom stereocenters. The van der Waals surface area contributed by atoms with E-state index < -0.39 is 59.7 Å². The number of ether oxygens (including phenoxy) is 6. The predicted octanol–water partition coefficient (Wildman–Crippen LogP) is 2.25. The number of benzene rings is 2. The molecule has 1 unspecified atom stereocenters. The molecule has 7 rings (SSSR count). The van der Waals surface area contributed by atoms with Crippen molar-refractivity contribution in [3.05, 3.63) is 39.4 Å². The van der Waals surface area contributed by atoms with E-state index in [4.69, 9.17) is 28.4 Å². The highest BCUT2D eigenvalue weighted by molar-refractivity contribution is 7.99. The Morgan fingerprint density at radius 1 is 1.07 bits per heavy atom. The van der Waals surface area contributed by atoms with E-state index in [1.54, 1.807) is 6.92 Å². The number of piperazine rings is 1. The molecule has 4 bridgehead atoms. The third kappa shape index (κ3) is 4.52. The normalized spacial score (nSPS) is 29.6. The smallest absolute Gasteiger partial charge is 0.348 e. The molecule has 0 saturated carbocycles. The summed E-state index contributed by atoms with van der Waals surface area (Å²) in [6.07, 6.45) is -1.82. The average Bonchev–Trinajstić information content (AvgIpc) is 3.48. The zero-order valence-corrected chi connectivity index (χ0v) is 26.2. The summed E-state index contributed by atoms with van der Waals surface area (Å²) >= 11 is 1.30. The fourth-order valence-electron chi connectivity index (χ4n) is 7.65. The molecule has 5 aliphatic rings. The van der Waals surface area contributed by atoms with Gasteiger partial charge in [-0.05, 0) is 31.4 Å². The highest BCUT2D eigenvalue weighted by Gasteiger charge is 2.58. The second-order valence-electron chi connectivity index (χ2n) is 11.9. The summed E-state index contributed by atoms with van der Waals surface area (Å²) in [5, 5.41) is 26.6. The van der Waals surface area contributed by atoms with Gasteiger partial charge in [0.15, 0.2) is 23.0 Å². The molecule has 2 fully saturated rings. The molecule has 2 aromatic carbocycles. The quantitative estimate of drug-likeness (QED) is 0.330. The number of nitrogens with zero attached hydrogens (tertiary/aromatic N) is 1. The highest BCUT2D eigenvalue weighted by Crippen LogP contribution is 2.62. The number of cyclic esters (lactones) is 1. The first-order valence-electron chi connectivity index (χ1n) is 14.7. The molecule has 240 valence electrons. The third-order valence-corrected chi connectivity index (χ3v) is 10.6. The molecule has 0 amide bonds. The van der Waals surface area contributed by atoms with Gasteiger partial charge < -0.3 is 44.0 Å². The molecule has 13 nitrogen and oxygen atoms in total. The van der Waals surface area contributed by atoms with Gasteiger partial charge in [-0.15, -0.1) is 11.8 Å². The maximum atomic E-state index is 13.2. The maximum Gasteiger partial charge on any atom is 0.348 e. The van der Waals surface area contributed by atoms with Gasteiger partial charge in [0, 0.05) is 47.9 Å². The van der Waals surface area contributed by atoms with Crippen molar-refractivity contribution in [2.45, 2.75) is 75.9 Å². The lowest BCUT2D eigenvalue weighted by atomic mass is 9.74. The van der Waals surface area contributed by atoms with E-state index in [9.17, 15) is 24.6 Å². The number of carbonyl (C=O) groups excluding carboxylic acids is 3. The van der Waals surface area contributed by atoms with Crippen molar-refractivity contribution in [3.8, 4) is 28.7 Å². The van der Waals surface area contributed by atoms with Crippen molar-refractivity contribution in [1.82, 2.24) is 10.2 Å². The molecule has 0 spiro atoms. The van der Waals surface area contributed by atoms with Crippen LogP contribution in [0.1, 0.15) is 64.6 Å². The molecule has 3 N–H and O–H groups in total. The number of phenols is 1. The second kappa shape index (κ2) is 11.0. The number of methoxy groups -OCH3 is 1. The third-order valence-electron chi connectivity index (χ3n) is 9.25. The van der Waals surface area contributed by atoms with Crippen LogP contribution in [0, 0.1) is 13.8 Å². The van der Waals surface area contributed by atoms with Gasteiger partial charge in [0.2, 0.25) is 12.9 Å². The Morgan fingerprint density at radius 2 is 1.82 bits per heavy atom. The summed E-state index contributed by atoms with van der Waals surface area (Å²) in [7, 11) is 1.50. The van der Waals surface area contributed by atoms with Crippen LogP contribution in [0.15, 0.2) is 6.07 Å². The van der Waals surface area contributed by atoms with Gasteiger partial charge in [0.1, 0.15) is 18.6 Å². The molecule has 45 heavy (non-hydrogen) atoms. The number of aromatic hydroxyl groups is 1. The van der Waals surface area contributed by atoms with Crippen LogP contribution in [0.5, 0.6) is 28.7 Å². The zero-order chi connectivity index (χ0) is 31.9. The summed E-state index contributed by atoms with van der Waals surface area (Å²) in [5.74, 6) is -0.391. The van der Waals surface area contributed by atoms with Crippen molar-refractivity contribution in [1.29, 1.82) is 0 Å². The van der Waals surface area contributed by atoms with E-state index in [0.29, 0.717) is 45.9 Å². The second-order valence-corrected chi connectivity index (χ2v) is 13.1. The van der Waals surface area contributed by atoms with Crippen LogP contribution in [0.25, 0.3) is 0 Å². The van der Waals surface area contributed by atoms with Crippen LogP contribution >= 0.6 is 11.8 Å². The van der Waals surface area contributed by atoms with Gasteiger partial charge in [-0.1, -0.05) is 6.07 Å². The van der Waals surface area contributed by atoms with Gasteiger partial charge >= 0.3 is 17.9 Å². The average molecular weight is 643 g/mol. The Morgan fingerprint density at radius 3 is 2.53 bits per heavy atom. The molecule has 0 aliphatic carbocycles. The van der Waals surface area contributed by atoms with Gasteiger partial charge in [0.25, 0.3) is 0 Å². The lowest BCUT2D eigenvalue weighted by molar-refractivity contribution is -0.172. The SMILES string of the molecule is COc1c(C)cc2c(c1O)[C@@H]1N[C@H](C2)[C@H](O)N2C1[C@@H]1SC[C@@H](OC(C)=O)C(=O)OC[C@H]2c2c3c(c(C)c(OC(C)=O)c21)OCO3. The number of phenolic OH excluding ortho intramolecular Hbond substituents is 1. The summed E-state index contributed by atoms with van der Waals surface area (Å²) in [6.45, 7) is 5.88. The number of esters is 3. The lowest BCUT2D eigenvalue weighted by Gasteiger charge is -2.59. The number of aliphatic hydroxyl groups is 1. The van der Waals surface area contributed by atoms with Crippen molar-refractivity contribution in [3.63, 3.8) is 0 Å². The number of aryl methyl sites for hydroxylation is 1. The Hall–Kier alpha value is -3.72. The first kappa shape index (κ1) is 30.0. The summed E-state index contributed by atoms with van der Waals surface area (Å²) < 4.78 is 34.6. The van der Waals surface area contributed by atoms with Crippen LogP contribution < -0.4 is 24.3 Å². The number of aliphatic hydroxyl groups excluding tert-OH is 1. The van der Waals surface area contributed by atoms with E-state index in [0.717, 1.165) is 11.1 Å². The number of nitrogens with one attached hydrogen (secondary N) is 1. The number of fused-ring (bicyclic) bond motifs is 9. The number of carbonyl (C=O) groups is 3. The summed E-state index contributed by atoms with van der Waals surface area (Å²) in [4.78, 5) is 39.6. The monoisotopic (exact) mass is 642 g/mol. The fourth-order valence-corrected chi connectivity index (χ4v) is 9.13. The standard InChI is InChI=1S/C31H34N2O11S/c1-11-6-15-7-16-30(37)33-17-8-40-31(38)18(43-13(3)34)9-45-29(23(33)22(32-16)19(15)24(36)25(11)39-5)21-20(17)28-27(41-10-42-28)12(2)26(21)44-14(4)35/h6,16-18,22-23,29-30,32,36-37H,7-10H2,1-5H3/t16-,17+,18-,22+,23?,29-,30+/m1/s1. The summed E-state index contributed by atoms with van der Waals surface area (Å²) in [5.41, 5.74) is 4.06. The highest BCUT2D eigenvalue weighted by atomic mass is 32.2. The predicted molar refractivity (Wildman–Crippen MR) is 157 cm³/mol. The molecular weight excluding hydrogens is 608 g/mol. The minimum Gasteiger partial charge on any atom is -0.504 e. The van der Waals surface area contributed by atoms with Gasteiger partial charge in [-0.3, -0.25) is 14.5 Å². The molecular formula is C31H34N2O11S. The Labute approximate surface area is 263 Å². The lowest BCUT2D eigenvalue weighted by Crippen LogP contribution is -2.69. The van der Waals surface area contributed by atoms with E-state index in [-0.39, 0.29) is 30.7 Å². The molecule has 0 radical (unpaired) electrons. The molecule has 2 aromatic rings. The molecule has 0 aromatic heterocycles. The largest absolute Gasteiger partial charge is 0.504 e. The number of hydrogen-bond donors (Lipinski definition) is 3. The van der Waals surface area contributed by atoms with E-state index >= 15 is 0 Å².